The standard InChI is InChI=1S/C11H13N3O2/c1-8(2)14(7-11(15)16)10-4-3-9(5-12)13-6-10/h3-4,6,8H,7H2,1-2H3,(H,15,16). The third-order valence-electron chi connectivity index (χ3n) is 2.12. The first-order valence-corrected chi connectivity index (χ1v) is 4.89. The zero-order valence-corrected chi connectivity index (χ0v) is 9.21. The van der Waals surface area contributed by atoms with Crippen molar-refractivity contribution >= 4 is 11.7 Å². The zero-order valence-electron chi connectivity index (χ0n) is 9.21. The molecule has 1 rings (SSSR count). The minimum absolute atomic E-state index is 0.0610. The van der Waals surface area contributed by atoms with Crippen LogP contribution in [0.3, 0.4) is 0 Å². The maximum Gasteiger partial charge on any atom is 0.323 e. The van der Waals surface area contributed by atoms with Gasteiger partial charge in [-0.05, 0) is 26.0 Å². The van der Waals surface area contributed by atoms with Gasteiger partial charge in [0.05, 0.1) is 11.9 Å². The number of aliphatic carboxylic acids is 1. The van der Waals surface area contributed by atoms with Gasteiger partial charge in [-0.1, -0.05) is 0 Å². The van der Waals surface area contributed by atoms with E-state index in [1.165, 1.54) is 6.20 Å². The quantitative estimate of drug-likeness (QED) is 0.824. The van der Waals surface area contributed by atoms with Gasteiger partial charge in [0.15, 0.2) is 0 Å². The Morgan fingerprint density at radius 1 is 1.62 bits per heavy atom. The van der Waals surface area contributed by atoms with Crippen molar-refractivity contribution in [3.05, 3.63) is 24.0 Å². The Labute approximate surface area is 93.9 Å². The molecule has 0 aliphatic rings. The van der Waals surface area contributed by atoms with Crippen LogP contribution in [0.2, 0.25) is 0 Å². The van der Waals surface area contributed by atoms with Gasteiger partial charge in [0, 0.05) is 6.04 Å². The third kappa shape index (κ3) is 2.95. The van der Waals surface area contributed by atoms with Crippen LogP contribution in [0, 0.1) is 11.3 Å². The zero-order chi connectivity index (χ0) is 12.1. The van der Waals surface area contributed by atoms with Crippen molar-refractivity contribution in [3.63, 3.8) is 0 Å². The smallest absolute Gasteiger partial charge is 0.323 e. The Balaban J connectivity index is 2.93. The summed E-state index contributed by atoms with van der Waals surface area (Å²) in [5.74, 6) is -0.891. The van der Waals surface area contributed by atoms with Crippen molar-refractivity contribution in [1.82, 2.24) is 4.98 Å². The molecule has 0 spiro atoms. The van der Waals surface area contributed by atoms with E-state index in [0.29, 0.717) is 11.4 Å². The first-order chi connectivity index (χ1) is 7.54. The molecule has 0 bridgehead atoms. The largest absolute Gasteiger partial charge is 0.480 e. The minimum atomic E-state index is -0.891. The molecule has 1 aromatic rings. The van der Waals surface area contributed by atoms with Crippen LogP contribution in [0.1, 0.15) is 19.5 Å². The number of carboxylic acids is 1. The van der Waals surface area contributed by atoms with Gasteiger partial charge in [-0.25, -0.2) is 4.98 Å². The molecule has 0 aliphatic carbocycles. The van der Waals surface area contributed by atoms with Crippen molar-refractivity contribution in [2.24, 2.45) is 0 Å². The van der Waals surface area contributed by atoms with Gasteiger partial charge in [-0.15, -0.1) is 0 Å². The molecule has 5 nitrogen and oxygen atoms in total. The molecule has 16 heavy (non-hydrogen) atoms. The molecule has 5 heteroatoms. The molecule has 1 N–H and O–H groups in total. The number of nitrogens with zero attached hydrogens (tertiary/aromatic N) is 3. The van der Waals surface area contributed by atoms with Crippen LogP contribution in [-0.4, -0.2) is 28.6 Å². The van der Waals surface area contributed by atoms with Gasteiger partial charge in [0.1, 0.15) is 18.3 Å². The Morgan fingerprint density at radius 2 is 2.31 bits per heavy atom. The fraction of sp³-hybridized carbons (Fsp3) is 0.364. The molecule has 0 fully saturated rings. The number of anilines is 1. The molecule has 0 radical (unpaired) electrons. The van der Waals surface area contributed by atoms with Crippen LogP contribution in [0.5, 0.6) is 0 Å². The summed E-state index contributed by atoms with van der Waals surface area (Å²) in [5, 5.41) is 17.4. The number of aromatic nitrogens is 1. The number of carboxylic acid groups (broad SMARTS) is 1. The van der Waals surface area contributed by atoms with Crippen molar-refractivity contribution < 1.29 is 9.90 Å². The topological polar surface area (TPSA) is 77.2 Å². The Bertz CT molecular complexity index is 406. The Hall–Kier alpha value is -2.09. The number of carbonyl (C=O) groups is 1. The van der Waals surface area contributed by atoms with E-state index in [9.17, 15) is 4.79 Å². The van der Waals surface area contributed by atoms with Crippen LogP contribution < -0.4 is 4.90 Å². The SMILES string of the molecule is CC(C)N(CC(=O)O)c1ccc(C#N)nc1. The highest BCUT2D eigenvalue weighted by Crippen LogP contribution is 2.15. The highest BCUT2D eigenvalue weighted by atomic mass is 16.4. The van der Waals surface area contributed by atoms with Gasteiger partial charge in [0.25, 0.3) is 0 Å². The summed E-state index contributed by atoms with van der Waals surface area (Å²) in [6.07, 6.45) is 1.52. The van der Waals surface area contributed by atoms with Gasteiger partial charge in [0.2, 0.25) is 0 Å². The predicted molar refractivity (Wildman–Crippen MR) is 59.1 cm³/mol. The van der Waals surface area contributed by atoms with Crippen LogP contribution in [0.25, 0.3) is 0 Å². The number of pyridine rings is 1. The lowest BCUT2D eigenvalue weighted by atomic mass is 10.2. The first kappa shape index (κ1) is 12.0. The first-order valence-electron chi connectivity index (χ1n) is 4.89. The fourth-order valence-electron chi connectivity index (χ4n) is 1.34. The van der Waals surface area contributed by atoms with E-state index in [0.717, 1.165) is 0 Å². The van der Waals surface area contributed by atoms with Crippen LogP contribution in [-0.2, 0) is 4.79 Å². The molecular weight excluding hydrogens is 206 g/mol. The lowest BCUT2D eigenvalue weighted by molar-refractivity contribution is -0.135. The average molecular weight is 219 g/mol. The molecule has 84 valence electrons. The average Bonchev–Trinajstić information content (AvgIpc) is 2.25. The molecule has 1 heterocycles. The van der Waals surface area contributed by atoms with Crippen molar-refractivity contribution in [2.45, 2.75) is 19.9 Å². The van der Waals surface area contributed by atoms with Gasteiger partial charge >= 0.3 is 5.97 Å². The van der Waals surface area contributed by atoms with Gasteiger partial charge < -0.3 is 10.0 Å². The van der Waals surface area contributed by atoms with Crippen LogP contribution in [0.4, 0.5) is 5.69 Å². The Kier molecular flexibility index (Phi) is 3.84. The van der Waals surface area contributed by atoms with Crippen molar-refractivity contribution in [1.29, 1.82) is 5.26 Å². The van der Waals surface area contributed by atoms with E-state index < -0.39 is 5.97 Å². The molecule has 0 aliphatic heterocycles. The summed E-state index contributed by atoms with van der Waals surface area (Å²) >= 11 is 0. The number of rotatable bonds is 4. The molecular formula is C11H13N3O2. The number of hydrogen-bond acceptors (Lipinski definition) is 4. The van der Waals surface area contributed by atoms with E-state index in [2.05, 4.69) is 4.98 Å². The summed E-state index contributed by atoms with van der Waals surface area (Å²) in [7, 11) is 0. The number of hydrogen-bond donors (Lipinski definition) is 1. The van der Waals surface area contributed by atoms with Gasteiger partial charge in [-0.3, -0.25) is 4.79 Å². The molecule has 1 aromatic heterocycles. The lowest BCUT2D eigenvalue weighted by Crippen LogP contribution is -2.35. The summed E-state index contributed by atoms with van der Waals surface area (Å²) in [6, 6.07) is 5.26. The molecule has 0 atom stereocenters. The van der Waals surface area contributed by atoms with Crippen molar-refractivity contribution in [2.75, 3.05) is 11.4 Å². The van der Waals surface area contributed by atoms with E-state index in [4.69, 9.17) is 10.4 Å². The highest BCUT2D eigenvalue weighted by molar-refractivity contribution is 5.73. The maximum atomic E-state index is 10.7. The van der Waals surface area contributed by atoms with E-state index in [-0.39, 0.29) is 12.6 Å². The van der Waals surface area contributed by atoms with E-state index >= 15 is 0 Å². The molecule has 0 unspecified atom stereocenters. The Morgan fingerprint density at radius 3 is 2.69 bits per heavy atom. The van der Waals surface area contributed by atoms with Gasteiger partial charge in [-0.2, -0.15) is 5.26 Å². The summed E-state index contributed by atoms with van der Waals surface area (Å²) in [6.45, 7) is 3.73. The summed E-state index contributed by atoms with van der Waals surface area (Å²) in [5.41, 5.74) is 1.03. The normalized spacial score (nSPS) is 9.88. The number of nitriles is 1. The monoisotopic (exact) mass is 219 g/mol. The van der Waals surface area contributed by atoms with Crippen LogP contribution in [0.15, 0.2) is 18.3 Å². The molecule has 0 saturated heterocycles. The third-order valence-corrected chi connectivity index (χ3v) is 2.12. The predicted octanol–water partition coefficient (Wildman–Crippen LogP) is 1.25. The molecule has 0 amide bonds. The molecule has 0 saturated carbocycles. The van der Waals surface area contributed by atoms with Crippen molar-refractivity contribution in [3.8, 4) is 6.07 Å². The molecule has 0 aromatic carbocycles. The summed E-state index contributed by atoms with van der Waals surface area (Å²) in [4.78, 5) is 16.3. The second kappa shape index (κ2) is 5.12. The lowest BCUT2D eigenvalue weighted by Gasteiger charge is -2.26. The fourth-order valence-corrected chi connectivity index (χ4v) is 1.34. The van der Waals surface area contributed by atoms with Crippen LogP contribution >= 0.6 is 0 Å². The highest BCUT2D eigenvalue weighted by Gasteiger charge is 2.14. The minimum Gasteiger partial charge on any atom is -0.480 e. The second-order valence-electron chi connectivity index (χ2n) is 3.63. The van der Waals surface area contributed by atoms with E-state index in [1.807, 2.05) is 19.9 Å². The maximum absolute atomic E-state index is 10.7. The van der Waals surface area contributed by atoms with E-state index in [1.54, 1.807) is 17.0 Å². The summed E-state index contributed by atoms with van der Waals surface area (Å²) < 4.78 is 0. The second-order valence-corrected chi connectivity index (χ2v) is 3.63.